The van der Waals surface area contributed by atoms with Crippen LogP contribution in [0.1, 0.15) is 110 Å². The van der Waals surface area contributed by atoms with Crippen molar-refractivity contribution in [2.24, 2.45) is 0 Å². The van der Waals surface area contributed by atoms with E-state index in [2.05, 4.69) is 12.2 Å². The first-order valence-corrected chi connectivity index (χ1v) is 14.7. The molecule has 8 heteroatoms. The van der Waals surface area contributed by atoms with E-state index < -0.39 is 36.5 Å². The third kappa shape index (κ3) is 14.2. The van der Waals surface area contributed by atoms with Gasteiger partial charge in [-0.05, 0) is 6.42 Å². The molecule has 0 aromatic carbocycles. The van der Waals surface area contributed by atoms with Gasteiger partial charge in [-0.15, -0.1) is 11.8 Å². The molecular weight excluding hydrogens is 454 g/mol. The van der Waals surface area contributed by atoms with Crippen molar-refractivity contribution in [3.8, 4) is 0 Å². The summed E-state index contributed by atoms with van der Waals surface area (Å²) in [6.07, 6.45) is 15.2. The molecular formula is C26H51NO6S. The molecule has 0 aliphatic carbocycles. The highest BCUT2D eigenvalue weighted by Gasteiger charge is 2.43. The SMILES string of the molecule is CCCCCCCCCCCCCCCCCC(=O)NCCSC1O[C@H](CO)[C@H](O)[C@H](O)[C@H]1O. The van der Waals surface area contributed by atoms with Gasteiger partial charge in [0.15, 0.2) is 0 Å². The number of rotatable bonds is 21. The van der Waals surface area contributed by atoms with E-state index in [0.29, 0.717) is 18.7 Å². The molecule has 0 aromatic heterocycles. The largest absolute Gasteiger partial charge is 0.394 e. The first-order valence-electron chi connectivity index (χ1n) is 13.7. The van der Waals surface area contributed by atoms with Gasteiger partial charge < -0.3 is 30.5 Å². The van der Waals surface area contributed by atoms with Gasteiger partial charge >= 0.3 is 0 Å². The van der Waals surface area contributed by atoms with E-state index in [0.717, 1.165) is 12.8 Å². The van der Waals surface area contributed by atoms with Gasteiger partial charge in [0.2, 0.25) is 5.91 Å². The third-order valence-corrected chi connectivity index (χ3v) is 7.72. The molecule has 0 bridgehead atoms. The molecule has 1 aliphatic heterocycles. The molecule has 202 valence electrons. The molecule has 5 atom stereocenters. The first-order chi connectivity index (χ1) is 16.5. The lowest BCUT2D eigenvalue weighted by atomic mass is 10.0. The minimum Gasteiger partial charge on any atom is -0.394 e. The molecule has 7 nitrogen and oxygen atoms in total. The summed E-state index contributed by atoms with van der Waals surface area (Å²) in [5.74, 6) is 0.539. The predicted octanol–water partition coefficient (Wildman–Crippen LogP) is 3.90. The Bertz CT molecular complexity index is 496. The smallest absolute Gasteiger partial charge is 0.220 e. The second-order valence-electron chi connectivity index (χ2n) is 9.62. The number of hydrogen-bond acceptors (Lipinski definition) is 7. The topological polar surface area (TPSA) is 119 Å². The van der Waals surface area contributed by atoms with Gasteiger partial charge in [0.1, 0.15) is 29.9 Å². The predicted molar refractivity (Wildman–Crippen MR) is 139 cm³/mol. The second-order valence-corrected chi connectivity index (χ2v) is 10.8. The molecule has 1 fully saturated rings. The number of aliphatic hydroxyl groups is 4. The maximum atomic E-state index is 12.0. The summed E-state index contributed by atoms with van der Waals surface area (Å²) in [4.78, 5) is 12.0. The number of ether oxygens (including phenoxy) is 1. The Morgan fingerprint density at radius 2 is 1.26 bits per heavy atom. The van der Waals surface area contributed by atoms with Crippen molar-refractivity contribution in [2.45, 2.75) is 140 Å². The maximum absolute atomic E-state index is 12.0. The second kappa shape index (κ2) is 20.8. The highest BCUT2D eigenvalue weighted by Crippen LogP contribution is 2.28. The van der Waals surface area contributed by atoms with Crippen molar-refractivity contribution in [3.05, 3.63) is 0 Å². The Morgan fingerprint density at radius 1 is 0.765 bits per heavy atom. The summed E-state index contributed by atoms with van der Waals surface area (Å²) in [5, 5.41) is 41.7. The fraction of sp³-hybridized carbons (Fsp3) is 0.962. The van der Waals surface area contributed by atoms with Crippen LogP contribution in [0.5, 0.6) is 0 Å². The van der Waals surface area contributed by atoms with Gasteiger partial charge in [-0.25, -0.2) is 0 Å². The highest BCUT2D eigenvalue weighted by atomic mass is 32.2. The van der Waals surface area contributed by atoms with E-state index in [-0.39, 0.29) is 5.91 Å². The molecule has 1 unspecified atom stereocenters. The van der Waals surface area contributed by atoms with Crippen molar-refractivity contribution >= 4 is 17.7 Å². The molecule has 1 heterocycles. The summed E-state index contributed by atoms with van der Waals surface area (Å²) in [7, 11) is 0. The van der Waals surface area contributed by atoms with E-state index in [1.54, 1.807) is 0 Å². The van der Waals surface area contributed by atoms with Crippen molar-refractivity contribution in [1.82, 2.24) is 5.32 Å². The minimum atomic E-state index is -1.36. The zero-order valence-corrected chi connectivity index (χ0v) is 22.2. The van der Waals surface area contributed by atoms with Gasteiger partial charge in [-0.2, -0.15) is 0 Å². The summed E-state index contributed by atoms with van der Waals surface area (Å²) in [6, 6.07) is 0. The van der Waals surface area contributed by atoms with Gasteiger partial charge in [-0.3, -0.25) is 4.79 Å². The minimum absolute atomic E-state index is 0.0316. The van der Waals surface area contributed by atoms with E-state index in [1.165, 1.54) is 95.2 Å². The van der Waals surface area contributed by atoms with Crippen molar-refractivity contribution in [2.75, 3.05) is 18.9 Å². The Kier molecular flexibility index (Phi) is 19.3. The number of thioether (sulfide) groups is 1. The molecule has 34 heavy (non-hydrogen) atoms. The van der Waals surface area contributed by atoms with Crippen LogP contribution in [0.3, 0.4) is 0 Å². The number of unbranched alkanes of at least 4 members (excludes halogenated alkanes) is 14. The lowest BCUT2D eigenvalue weighted by Crippen LogP contribution is -2.57. The summed E-state index contributed by atoms with van der Waals surface area (Å²) >= 11 is 1.25. The highest BCUT2D eigenvalue weighted by molar-refractivity contribution is 7.99. The average molecular weight is 506 g/mol. The van der Waals surface area contributed by atoms with Crippen LogP contribution in [0.25, 0.3) is 0 Å². The van der Waals surface area contributed by atoms with Crippen molar-refractivity contribution in [1.29, 1.82) is 0 Å². The number of amides is 1. The fourth-order valence-electron chi connectivity index (χ4n) is 4.32. The van der Waals surface area contributed by atoms with E-state index in [9.17, 15) is 25.2 Å². The van der Waals surface area contributed by atoms with Crippen LogP contribution in [-0.4, -0.2) is 75.1 Å². The van der Waals surface area contributed by atoms with Crippen molar-refractivity contribution < 1.29 is 30.0 Å². The van der Waals surface area contributed by atoms with Crippen LogP contribution >= 0.6 is 11.8 Å². The van der Waals surface area contributed by atoms with Crippen LogP contribution in [0.2, 0.25) is 0 Å². The quantitative estimate of drug-likeness (QED) is 0.150. The zero-order chi connectivity index (χ0) is 25.0. The van der Waals surface area contributed by atoms with Gasteiger partial charge in [0.25, 0.3) is 0 Å². The van der Waals surface area contributed by atoms with Gasteiger partial charge in [0.05, 0.1) is 6.61 Å². The molecule has 0 saturated carbocycles. The number of aliphatic hydroxyl groups excluding tert-OH is 4. The Labute approximate surface area is 211 Å². The van der Waals surface area contributed by atoms with Crippen LogP contribution in [0.4, 0.5) is 0 Å². The zero-order valence-electron chi connectivity index (χ0n) is 21.3. The average Bonchev–Trinajstić information content (AvgIpc) is 2.84. The number of nitrogens with one attached hydrogen (secondary N) is 1. The van der Waals surface area contributed by atoms with Gasteiger partial charge in [-0.1, -0.05) is 96.8 Å². The normalized spacial score (nSPS) is 24.9. The lowest BCUT2D eigenvalue weighted by Gasteiger charge is -2.39. The maximum Gasteiger partial charge on any atom is 0.220 e. The molecule has 0 aromatic rings. The first kappa shape index (κ1) is 31.6. The van der Waals surface area contributed by atoms with Crippen LogP contribution in [0.15, 0.2) is 0 Å². The van der Waals surface area contributed by atoms with E-state index >= 15 is 0 Å². The van der Waals surface area contributed by atoms with E-state index in [1.807, 2.05) is 0 Å². The Balaban J connectivity index is 1.89. The van der Waals surface area contributed by atoms with Crippen molar-refractivity contribution in [3.63, 3.8) is 0 Å². The molecule has 1 rings (SSSR count). The monoisotopic (exact) mass is 505 g/mol. The van der Waals surface area contributed by atoms with Crippen LogP contribution in [0, 0.1) is 0 Å². The molecule has 0 radical (unpaired) electrons. The number of hydrogen-bond donors (Lipinski definition) is 5. The molecule has 1 saturated heterocycles. The Hall–Kier alpha value is -0.380. The van der Waals surface area contributed by atoms with Crippen LogP contribution < -0.4 is 5.32 Å². The van der Waals surface area contributed by atoms with E-state index in [4.69, 9.17) is 4.74 Å². The third-order valence-electron chi connectivity index (χ3n) is 6.56. The molecule has 5 N–H and O–H groups in total. The molecule has 1 aliphatic rings. The van der Waals surface area contributed by atoms with Crippen LogP contribution in [-0.2, 0) is 9.53 Å². The summed E-state index contributed by atoms with van der Waals surface area (Å²) in [5.41, 5.74) is -0.747. The Morgan fingerprint density at radius 3 is 1.76 bits per heavy atom. The lowest BCUT2D eigenvalue weighted by molar-refractivity contribution is -0.205. The summed E-state index contributed by atoms with van der Waals surface area (Å²) in [6.45, 7) is 2.27. The number of carbonyl (C=O) groups is 1. The number of carbonyl (C=O) groups excluding carboxylic acids is 1. The summed E-state index contributed by atoms with van der Waals surface area (Å²) < 4.78 is 5.44. The standard InChI is InChI=1S/C26H51NO6S/c1-2-3-4-5-6-7-8-9-10-11-12-13-14-15-16-17-22(29)27-18-19-34-26-25(32)24(31)23(30)21(20-28)33-26/h21,23-26,28,30-32H,2-20H2,1H3,(H,27,29)/t21-,23+,24+,25-,26?/m1/s1. The van der Waals surface area contributed by atoms with Gasteiger partial charge in [0, 0.05) is 18.7 Å². The molecule has 1 amide bonds. The fourth-order valence-corrected chi connectivity index (χ4v) is 5.35. The molecule has 0 spiro atoms.